The van der Waals surface area contributed by atoms with Crippen molar-refractivity contribution in [3.63, 3.8) is 0 Å². The molecule has 0 saturated carbocycles. The van der Waals surface area contributed by atoms with Gasteiger partial charge in [-0.25, -0.2) is 18.7 Å². The van der Waals surface area contributed by atoms with Crippen LogP contribution in [0.15, 0.2) is 35.3 Å². The monoisotopic (exact) mass is 341 g/mol. The number of hydrogen-bond donors (Lipinski definition) is 1. The zero-order valence-corrected chi connectivity index (χ0v) is 12.5. The predicted octanol–water partition coefficient (Wildman–Crippen LogP) is 3.41. The lowest BCUT2D eigenvalue weighted by Crippen LogP contribution is -2.24. The lowest BCUT2D eigenvalue weighted by Gasteiger charge is -2.18. The minimum atomic E-state index is -0.565. The molecule has 1 atom stereocenters. The van der Waals surface area contributed by atoms with E-state index in [-0.39, 0.29) is 22.5 Å². The molecule has 1 aromatic carbocycles. The molecule has 1 N–H and O–H groups in total. The van der Waals surface area contributed by atoms with Gasteiger partial charge in [0, 0.05) is 29.6 Å². The zero-order valence-electron chi connectivity index (χ0n) is 10.9. The fourth-order valence-corrected chi connectivity index (χ4v) is 2.38. The van der Waals surface area contributed by atoms with Gasteiger partial charge in [0.2, 0.25) is 0 Å². The van der Waals surface area contributed by atoms with Crippen LogP contribution in [-0.2, 0) is 6.42 Å². The van der Waals surface area contributed by atoms with E-state index < -0.39 is 11.6 Å². The third kappa shape index (κ3) is 3.37. The highest BCUT2D eigenvalue weighted by molar-refractivity contribution is 9.10. The Labute approximate surface area is 124 Å². The van der Waals surface area contributed by atoms with Gasteiger partial charge in [0.15, 0.2) is 0 Å². The topological polar surface area (TPSA) is 37.8 Å². The molecule has 0 fully saturated rings. The first kappa shape index (κ1) is 15.0. The second-order valence-electron chi connectivity index (χ2n) is 4.31. The molecule has 1 heterocycles. The first-order valence-electron chi connectivity index (χ1n) is 6.24. The van der Waals surface area contributed by atoms with Crippen molar-refractivity contribution >= 4 is 15.9 Å². The molecule has 1 unspecified atom stereocenters. The van der Waals surface area contributed by atoms with E-state index in [1.54, 1.807) is 12.4 Å². The van der Waals surface area contributed by atoms with Crippen molar-refractivity contribution in [1.82, 2.24) is 15.3 Å². The summed E-state index contributed by atoms with van der Waals surface area (Å²) in [6.45, 7) is 2.61. The van der Waals surface area contributed by atoms with E-state index >= 15 is 0 Å². The van der Waals surface area contributed by atoms with Crippen molar-refractivity contribution in [3.8, 4) is 0 Å². The van der Waals surface area contributed by atoms with E-state index in [9.17, 15) is 8.78 Å². The summed E-state index contributed by atoms with van der Waals surface area (Å²) in [6.07, 6.45) is 4.91. The number of aromatic nitrogens is 2. The Hall–Kier alpha value is -1.40. The standard InChI is InChI=1S/C14H14BrF2N3/c1-2-20-13(9-6-18-8-19-7-9)5-10-12(16)4-3-11(15)14(10)17/h3-4,6-8,13,20H,2,5H2,1H3. The number of halogens is 3. The van der Waals surface area contributed by atoms with Crippen LogP contribution < -0.4 is 5.32 Å². The van der Waals surface area contributed by atoms with Crippen LogP contribution in [0, 0.1) is 11.6 Å². The highest BCUT2D eigenvalue weighted by Crippen LogP contribution is 2.26. The van der Waals surface area contributed by atoms with Crippen molar-refractivity contribution in [3.05, 3.63) is 58.1 Å². The molecule has 0 bridgehead atoms. The molecular formula is C14H14BrF2N3. The number of nitrogens with one attached hydrogen (secondary N) is 1. The molecule has 1 aromatic heterocycles. The molecule has 20 heavy (non-hydrogen) atoms. The zero-order chi connectivity index (χ0) is 14.5. The quantitative estimate of drug-likeness (QED) is 0.847. The molecule has 0 saturated heterocycles. The highest BCUT2D eigenvalue weighted by Gasteiger charge is 2.19. The number of likely N-dealkylation sites (N-methyl/N-ethyl adjacent to an activating group) is 1. The Morgan fingerprint density at radius 2 is 1.95 bits per heavy atom. The van der Waals surface area contributed by atoms with Gasteiger partial charge < -0.3 is 5.32 Å². The van der Waals surface area contributed by atoms with E-state index in [2.05, 4.69) is 31.2 Å². The molecule has 2 aromatic rings. The Kier molecular flexibility index (Phi) is 5.14. The van der Waals surface area contributed by atoms with Gasteiger partial charge in [0.05, 0.1) is 4.47 Å². The van der Waals surface area contributed by atoms with Gasteiger partial charge in [0.1, 0.15) is 18.0 Å². The average Bonchev–Trinajstić information content (AvgIpc) is 2.47. The SMILES string of the molecule is CCNC(Cc1c(F)ccc(Br)c1F)c1cncnc1. The second-order valence-corrected chi connectivity index (χ2v) is 5.16. The second kappa shape index (κ2) is 6.85. The summed E-state index contributed by atoms with van der Waals surface area (Å²) >= 11 is 3.08. The molecule has 3 nitrogen and oxygen atoms in total. The van der Waals surface area contributed by atoms with Crippen molar-refractivity contribution in [2.24, 2.45) is 0 Å². The molecule has 2 rings (SSSR count). The van der Waals surface area contributed by atoms with Crippen LogP contribution in [0.25, 0.3) is 0 Å². The van der Waals surface area contributed by atoms with Crippen molar-refractivity contribution in [1.29, 1.82) is 0 Å². The van der Waals surface area contributed by atoms with E-state index in [0.717, 1.165) is 5.56 Å². The number of benzene rings is 1. The summed E-state index contributed by atoms with van der Waals surface area (Å²) in [7, 11) is 0. The lowest BCUT2D eigenvalue weighted by molar-refractivity contribution is 0.496. The van der Waals surface area contributed by atoms with Crippen LogP contribution in [-0.4, -0.2) is 16.5 Å². The van der Waals surface area contributed by atoms with E-state index in [1.807, 2.05) is 6.92 Å². The summed E-state index contributed by atoms with van der Waals surface area (Å²) in [4.78, 5) is 7.89. The van der Waals surface area contributed by atoms with Crippen LogP contribution >= 0.6 is 15.9 Å². The van der Waals surface area contributed by atoms with E-state index in [0.29, 0.717) is 6.54 Å². The van der Waals surface area contributed by atoms with Gasteiger partial charge >= 0.3 is 0 Å². The molecule has 0 aliphatic carbocycles. The van der Waals surface area contributed by atoms with E-state index in [1.165, 1.54) is 18.5 Å². The summed E-state index contributed by atoms with van der Waals surface area (Å²) in [5.41, 5.74) is 0.849. The van der Waals surface area contributed by atoms with Gasteiger partial charge in [-0.15, -0.1) is 0 Å². The van der Waals surface area contributed by atoms with Gasteiger partial charge in [-0.2, -0.15) is 0 Å². The summed E-state index contributed by atoms with van der Waals surface area (Å²) in [5, 5.41) is 3.19. The third-order valence-corrected chi connectivity index (χ3v) is 3.59. The van der Waals surface area contributed by atoms with Gasteiger partial charge in [-0.3, -0.25) is 0 Å². The Bertz CT molecular complexity index is 578. The van der Waals surface area contributed by atoms with Gasteiger partial charge in [0.25, 0.3) is 0 Å². The first-order chi connectivity index (χ1) is 9.63. The Morgan fingerprint density at radius 3 is 2.60 bits per heavy atom. The van der Waals surface area contributed by atoms with Crippen LogP contribution in [0.4, 0.5) is 8.78 Å². The number of hydrogen-bond acceptors (Lipinski definition) is 3. The minimum Gasteiger partial charge on any atom is -0.310 e. The maximum absolute atomic E-state index is 14.0. The number of rotatable bonds is 5. The Morgan fingerprint density at radius 1 is 1.25 bits per heavy atom. The van der Waals surface area contributed by atoms with Crippen molar-refractivity contribution in [2.75, 3.05) is 6.54 Å². The molecule has 0 amide bonds. The maximum Gasteiger partial charge on any atom is 0.143 e. The normalized spacial score (nSPS) is 12.4. The maximum atomic E-state index is 14.0. The fraction of sp³-hybridized carbons (Fsp3) is 0.286. The summed E-state index contributed by atoms with van der Waals surface area (Å²) < 4.78 is 28.1. The predicted molar refractivity (Wildman–Crippen MR) is 76.2 cm³/mol. The van der Waals surface area contributed by atoms with Crippen LogP contribution in [0.3, 0.4) is 0 Å². The van der Waals surface area contributed by atoms with Crippen LogP contribution in [0.5, 0.6) is 0 Å². The molecular weight excluding hydrogens is 328 g/mol. The summed E-state index contributed by atoms with van der Waals surface area (Å²) in [5.74, 6) is -1.12. The summed E-state index contributed by atoms with van der Waals surface area (Å²) in [6, 6.07) is 2.38. The van der Waals surface area contributed by atoms with Crippen LogP contribution in [0.1, 0.15) is 24.1 Å². The van der Waals surface area contributed by atoms with Crippen molar-refractivity contribution in [2.45, 2.75) is 19.4 Å². The molecule has 0 radical (unpaired) electrons. The van der Waals surface area contributed by atoms with Gasteiger partial charge in [-0.05, 0) is 41.0 Å². The largest absolute Gasteiger partial charge is 0.310 e. The number of nitrogens with zero attached hydrogens (tertiary/aromatic N) is 2. The molecule has 0 aliphatic rings. The lowest BCUT2D eigenvalue weighted by atomic mass is 10.00. The smallest absolute Gasteiger partial charge is 0.143 e. The molecule has 6 heteroatoms. The highest BCUT2D eigenvalue weighted by atomic mass is 79.9. The average molecular weight is 342 g/mol. The van der Waals surface area contributed by atoms with Crippen LogP contribution in [0.2, 0.25) is 0 Å². The third-order valence-electron chi connectivity index (χ3n) is 2.98. The minimum absolute atomic E-state index is 0.0502. The first-order valence-corrected chi connectivity index (χ1v) is 7.03. The Balaban J connectivity index is 2.32. The molecule has 106 valence electrons. The van der Waals surface area contributed by atoms with Gasteiger partial charge in [-0.1, -0.05) is 6.92 Å². The molecule has 0 aliphatic heterocycles. The van der Waals surface area contributed by atoms with E-state index in [4.69, 9.17) is 0 Å². The van der Waals surface area contributed by atoms with Crippen molar-refractivity contribution < 1.29 is 8.78 Å². The molecule has 0 spiro atoms. The fourth-order valence-electron chi connectivity index (χ4n) is 2.01.